The second kappa shape index (κ2) is 8.69. The number of hydrogen-bond donors (Lipinski definition) is 1. The van der Waals surface area contributed by atoms with Crippen LogP contribution in [0.4, 0.5) is 4.79 Å². The first kappa shape index (κ1) is 19.6. The monoisotopic (exact) mass is 408 g/mol. The van der Waals surface area contributed by atoms with E-state index in [-0.39, 0.29) is 29.0 Å². The van der Waals surface area contributed by atoms with E-state index in [2.05, 4.69) is 10.3 Å². The number of nitrogens with zero attached hydrogens (tertiary/aromatic N) is 3. The van der Waals surface area contributed by atoms with Crippen LogP contribution in [0.3, 0.4) is 0 Å². The van der Waals surface area contributed by atoms with Gasteiger partial charge in [-0.05, 0) is 30.2 Å². The lowest BCUT2D eigenvalue weighted by molar-refractivity contribution is 0.172. The summed E-state index contributed by atoms with van der Waals surface area (Å²) in [6.45, 7) is 1.65. The van der Waals surface area contributed by atoms with Crippen LogP contribution in [0.5, 0.6) is 0 Å². The predicted molar refractivity (Wildman–Crippen MR) is 103 cm³/mol. The van der Waals surface area contributed by atoms with Gasteiger partial charge in [-0.2, -0.15) is 4.31 Å². The summed E-state index contributed by atoms with van der Waals surface area (Å²) in [4.78, 5) is 18.0. The molecule has 0 atom stereocenters. The normalized spacial score (nSPS) is 15.5. The molecule has 2 amide bonds. The highest BCUT2D eigenvalue weighted by Gasteiger charge is 2.31. The van der Waals surface area contributed by atoms with Crippen LogP contribution in [0.15, 0.2) is 53.7 Å². The molecule has 0 bridgehead atoms. The summed E-state index contributed by atoms with van der Waals surface area (Å²) in [6, 6.07) is 10.0. The van der Waals surface area contributed by atoms with Gasteiger partial charge in [0.15, 0.2) is 0 Å². The van der Waals surface area contributed by atoms with Crippen LogP contribution < -0.4 is 5.32 Å². The highest BCUT2D eigenvalue weighted by molar-refractivity contribution is 7.89. The third kappa shape index (κ3) is 4.77. The Balaban J connectivity index is 1.51. The summed E-state index contributed by atoms with van der Waals surface area (Å²) in [5, 5.41) is 3.07. The number of carbonyl (C=O) groups excluding carboxylic acids is 1. The van der Waals surface area contributed by atoms with Crippen LogP contribution in [-0.2, 0) is 16.4 Å². The lowest BCUT2D eigenvalue weighted by Crippen LogP contribution is -2.53. The standard InChI is InChI=1S/C18H21ClN4O3S/c19-16-5-1-2-6-17(16)27(25,26)23-12-10-22(11-13-23)18(24)21-9-7-15-4-3-8-20-14-15/h1-6,8,14H,7,9-13H2,(H,21,24). The molecule has 9 heteroatoms. The number of nitrogens with one attached hydrogen (secondary N) is 1. The second-order valence-electron chi connectivity index (χ2n) is 6.16. The molecule has 2 heterocycles. The van der Waals surface area contributed by atoms with Crippen molar-refractivity contribution in [3.05, 3.63) is 59.4 Å². The number of halogens is 1. The van der Waals surface area contributed by atoms with E-state index in [1.165, 1.54) is 10.4 Å². The van der Waals surface area contributed by atoms with Gasteiger partial charge in [0.1, 0.15) is 4.90 Å². The number of sulfonamides is 1. The molecule has 1 aromatic carbocycles. The van der Waals surface area contributed by atoms with Crippen molar-refractivity contribution in [2.75, 3.05) is 32.7 Å². The first-order chi connectivity index (χ1) is 13.0. The van der Waals surface area contributed by atoms with Crippen LogP contribution in [-0.4, -0.2) is 61.4 Å². The summed E-state index contributed by atoms with van der Waals surface area (Å²) in [5.41, 5.74) is 1.05. The number of carbonyl (C=O) groups is 1. The molecule has 1 aliphatic rings. The van der Waals surface area contributed by atoms with Gasteiger partial charge in [0.05, 0.1) is 5.02 Å². The maximum absolute atomic E-state index is 12.7. The van der Waals surface area contributed by atoms with Gasteiger partial charge in [-0.15, -0.1) is 0 Å². The molecule has 0 spiro atoms. The third-order valence-corrected chi connectivity index (χ3v) is 6.79. The summed E-state index contributed by atoms with van der Waals surface area (Å²) in [5.74, 6) is 0. The van der Waals surface area contributed by atoms with Crippen molar-refractivity contribution in [1.82, 2.24) is 19.5 Å². The minimum Gasteiger partial charge on any atom is -0.338 e. The topological polar surface area (TPSA) is 82.6 Å². The molecule has 3 rings (SSSR count). The van der Waals surface area contributed by atoms with Crippen molar-refractivity contribution in [3.8, 4) is 0 Å². The van der Waals surface area contributed by atoms with E-state index in [1.807, 2.05) is 12.1 Å². The lowest BCUT2D eigenvalue weighted by atomic mass is 10.2. The van der Waals surface area contributed by atoms with E-state index in [0.29, 0.717) is 26.1 Å². The van der Waals surface area contributed by atoms with Gasteiger partial charge < -0.3 is 10.2 Å². The Labute approximate surface area is 164 Å². The number of aromatic nitrogens is 1. The highest BCUT2D eigenvalue weighted by Crippen LogP contribution is 2.24. The molecule has 0 unspecified atom stereocenters. The Hall–Kier alpha value is -2.16. The van der Waals surface area contributed by atoms with E-state index < -0.39 is 10.0 Å². The van der Waals surface area contributed by atoms with Gasteiger partial charge in [-0.3, -0.25) is 4.98 Å². The van der Waals surface area contributed by atoms with E-state index >= 15 is 0 Å². The van der Waals surface area contributed by atoms with E-state index in [0.717, 1.165) is 5.56 Å². The molecule has 1 aliphatic heterocycles. The van der Waals surface area contributed by atoms with Gasteiger partial charge in [0.2, 0.25) is 10.0 Å². The summed E-state index contributed by atoms with van der Waals surface area (Å²) >= 11 is 6.03. The zero-order chi connectivity index (χ0) is 19.3. The summed E-state index contributed by atoms with van der Waals surface area (Å²) in [7, 11) is -3.66. The number of piperazine rings is 1. The molecule has 7 nitrogen and oxygen atoms in total. The van der Waals surface area contributed by atoms with E-state index in [1.54, 1.807) is 35.5 Å². The molecule has 1 fully saturated rings. The van der Waals surface area contributed by atoms with Gasteiger partial charge in [-0.25, -0.2) is 13.2 Å². The average molecular weight is 409 g/mol. The zero-order valence-electron chi connectivity index (χ0n) is 14.7. The first-order valence-corrected chi connectivity index (χ1v) is 10.5. The lowest BCUT2D eigenvalue weighted by Gasteiger charge is -2.34. The highest BCUT2D eigenvalue weighted by atomic mass is 35.5. The SMILES string of the molecule is O=C(NCCc1cccnc1)N1CCN(S(=O)(=O)c2ccccc2Cl)CC1. The number of pyridine rings is 1. The number of amides is 2. The van der Waals surface area contributed by atoms with Crippen LogP contribution >= 0.6 is 11.6 Å². The fourth-order valence-corrected chi connectivity index (χ4v) is 4.81. The molecule has 144 valence electrons. The fraction of sp³-hybridized carbons (Fsp3) is 0.333. The van der Waals surface area contributed by atoms with Crippen molar-refractivity contribution in [1.29, 1.82) is 0 Å². The van der Waals surface area contributed by atoms with Crippen LogP contribution in [0, 0.1) is 0 Å². The molecule has 0 saturated carbocycles. The van der Waals surface area contributed by atoms with Gasteiger partial charge >= 0.3 is 6.03 Å². The number of benzene rings is 1. The Morgan fingerprint density at radius 3 is 2.52 bits per heavy atom. The van der Waals surface area contributed by atoms with Crippen LogP contribution in [0.2, 0.25) is 5.02 Å². The van der Waals surface area contributed by atoms with Crippen LogP contribution in [0.25, 0.3) is 0 Å². The molecule has 1 saturated heterocycles. The van der Waals surface area contributed by atoms with Crippen molar-refractivity contribution in [2.24, 2.45) is 0 Å². The molecule has 0 radical (unpaired) electrons. The largest absolute Gasteiger partial charge is 0.338 e. The number of rotatable bonds is 5. The second-order valence-corrected chi connectivity index (χ2v) is 8.48. The van der Waals surface area contributed by atoms with Crippen molar-refractivity contribution >= 4 is 27.7 Å². The Bertz CT molecular complexity index is 884. The maximum Gasteiger partial charge on any atom is 0.317 e. The Morgan fingerprint density at radius 2 is 1.85 bits per heavy atom. The van der Waals surface area contributed by atoms with Gasteiger partial charge in [0, 0.05) is 45.1 Å². The van der Waals surface area contributed by atoms with Crippen molar-refractivity contribution in [3.63, 3.8) is 0 Å². The fourth-order valence-electron chi connectivity index (χ4n) is 2.90. The molecule has 1 N–H and O–H groups in total. The molecule has 0 aliphatic carbocycles. The van der Waals surface area contributed by atoms with Gasteiger partial charge in [-0.1, -0.05) is 29.8 Å². The number of urea groups is 1. The minimum atomic E-state index is -3.66. The quantitative estimate of drug-likeness (QED) is 0.820. The maximum atomic E-state index is 12.7. The number of hydrogen-bond acceptors (Lipinski definition) is 4. The minimum absolute atomic E-state index is 0.0982. The average Bonchev–Trinajstić information content (AvgIpc) is 2.69. The van der Waals surface area contributed by atoms with E-state index in [4.69, 9.17) is 11.6 Å². The smallest absolute Gasteiger partial charge is 0.317 e. The first-order valence-electron chi connectivity index (χ1n) is 8.65. The summed E-state index contributed by atoms with van der Waals surface area (Å²) < 4.78 is 26.8. The Morgan fingerprint density at radius 1 is 1.11 bits per heavy atom. The summed E-state index contributed by atoms with van der Waals surface area (Å²) in [6.07, 6.45) is 4.17. The predicted octanol–water partition coefficient (Wildman–Crippen LogP) is 1.99. The molecule has 1 aromatic heterocycles. The van der Waals surface area contributed by atoms with E-state index in [9.17, 15) is 13.2 Å². The molecular formula is C18H21ClN4O3S. The Kier molecular flexibility index (Phi) is 6.30. The van der Waals surface area contributed by atoms with Crippen molar-refractivity contribution < 1.29 is 13.2 Å². The zero-order valence-corrected chi connectivity index (χ0v) is 16.3. The molecule has 2 aromatic rings. The molecular weight excluding hydrogens is 388 g/mol. The molecule has 27 heavy (non-hydrogen) atoms. The third-order valence-electron chi connectivity index (χ3n) is 4.39. The van der Waals surface area contributed by atoms with Crippen molar-refractivity contribution in [2.45, 2.75) is 11.3 Å². The van der Waals surface area contributed by atoms with Crippen LogP contribution in [0.1, 0.15) is 5.56 Å². The van der Waals surface area contributed by atoms with Gasteiger partial charge in [0.25, 0.3) is 0 Å².